The van der Waals surface area contributed by atoms with Gasteiger partial charge in [-0.2, -0.15) is 13.2 Å². The van der Waals surface area contributed by atoms with E-state index in [9.17, 15) is 26.7 Å². The lowest BCUT2D eigenvalue weighted by Crippen LogP contribution is -2.55. The molecular weight excluding hydrogens is 417 g/mol. The topological polar surface area (TPSA) is 35.6 Å². The monoisotopic (exact) mass is 447 g/mol. The first-order valence-corrected chi connectivity index (χ1v) is 11.2. The van der Waals surface area contributed by atoms with Crippen LogP contribution in [0.2, 0.25) is 0 Å². The van der Waals surface area contributed by atoms with Gasteiger partial charge < -0.3 is 4.90 Å². The Bertz CT molecular complexity index is 767. The second-order valence-corrected chi connectivity index (χ2v) is 9.32. The third-order valence-corrected chi connectivity index (χ3v) is 7.55. The van der Waals surface area contributed by atoms with Gasteiger partial charge in [0.05, 0.1) is 5.92 Å². The van der Waals surface area contributed by atoms with Crippen LogP contribution in [0.15, 0.2) is 23.4 Å². The number of alkyl halides is 5. The first-order chi connectivity index (χ1) is 14.6. The van der Waals surface area contributed by atoms with E-state index in [4.69, 9.17) is 0 Å². The van der Waals surface area contributed by atoms with Crippen molar-refractivity contribution in [2.24, 2.45) is 17.8 Å². The molecule has 1 N–H and O–H groups in total. The van der Waals surface area contributed by atoms with Crippen LogP contribution >= 0.6 is 0 Å². The van der Waals surface area contributed by atoms with Gasteiger partial charge in [-0.25, -0.2) is 14.2 Å². The van der Waals surface area contributed by atoms with Gasteiger partial charge in [0.25, 0.3) is 5.91 Å². The van der Waals surface area contributed by atoms with Gasteiger partial charge in [-0.05, 0) is 50.0 Å². The molecule has 0 spiro atoms. The SMILES string of the molecule is CCC1NN2C(=O)C=C(C3=CCC(C(F)(F)F)CC3)N(C)C2C1C1CCC(F)CC1F. The lowest BCUT2D eigenvalue weighted by Gasteiger charge is -2.45. The maximum atomic E-state index is 14.9. The molecule has 31 heavy (non-hydrogen) atoms. The summed E-state index contributed by atoms with van der Waals surface area (Å²) in [5.41, 5.74) is 4.57. The number of nitrogens with one attached hydrogen (secondary N) is 1. The van der Waals surface area contributed by atoms with E-state index in [1.807, 2.05) is 18.9 Å². The van der Waals surface area contributed by atoms with Gasteiger partial charge in [-0.15, -0.1) is 0 Å². The quantitative estimate of drug-likeness (QED) is 0.640. The van der Waals surface area contributed by atoms with E-state index in [1.54, 1.807) is 6.08 Å². The van der Waals surface area contributed by atoms with Gasteiger partial charge in [-0.1, -0.05) is 13.0 Å². The number of amides is 1. The molecule has 0 bridgehead atoms. The highest BCUT2D eigenvalue weighted by atomic mass is 19.4. The second kappa shape index (κ2) is 8.37. The fourth-order valence-electron chi connectivity index (χ4n) is 5.87. The molecule has 2 aliphatic carbocycles. The third-order valence-electron chi connectivity index (χ3n) is 7.55. The van der Waals surface area contributed by atoms with Crippen molar-refractivity contribution in [1.29, 1.82) is 0 Å². The Kier molecular flexibility index (Phi) is 6.09. The van der Waals surface area contributed by atoms with Crippen LogP contribution in [0.4, 0.5) is 22.0 Å². The van der Waals surface area contributed by atoms with Crippen molar-refractivity contribution in [2.45, 2.75) is 82.6 Å². The molecule has 7 unspecified atom stereocenters. The van der Waals surface area contributed by atoms with Crippen molar-refractivity contribution in [3.8, 4) is 0 Å². The number of rotatable bonds is 3. The summed E-state index contributed by atoms with van der Waals surface area (Å²) in [6, 6.07) is -0.126. The number of allylic oxidation sites excluding steroid dienone is 2. The van der Waals surface area contributed by atoms with E-state index in [-0.39, 0.29) is 49.5 Å². The molecule has 4 nitrogen and oxygen atoms in total. The van der Waals surface area contributed by atoms with Crippen LogP contribution in [0, 0.1) is 17.8 Å². The minimum atomic E-state index is -4.22. The van der Waals surface area contributed by atoms with Gasteiger partial charge in [0.2, 0.25) is 0 Å². The van der Waals surface area contributed by atoms with Crippen molar-refractivity contribution >= 4 is 5.91 Å². The Morgan fingerprint density at radius 2 is 1.94 bits per heavy atom. The summed E-state index contributed by atoms with van der Waals surface area (Å²) in [5.74, 6) is -2.22. The van der Waals surface area contributed by atoms with E-state index in [0.717, 1.165) is 5.57 Å². The molecule has 2 fully saturated rings. The number of hydrogen-bond acceptors (Lipinski definition) is 3. The molecule has 9 heteroatoms. The Morgan fingerprint density at radius 1 is 1.19 bits per heavy atom. The van der Waals surface area contributed by atoms with Crippen LogP contribution in [0.25, 0.3) is 0 Å². The Hall–Kier alpha value is -1.64. The fraction of sp³-hybridized carbons (Fsp3) is 0.773. The Morgan fingerprint density at radius 3 is 2.52 bits per heavy atom. The van der Waals surface area contributed by atoms with Crippen molar-refractivity contribution in [3.63, 3.8) is 0 Å². The van der Waals surface area contributed by atoms with Crippen molar-refractivity contribution in [1.82, 2.24) is 15.3 Å². The van der Waals surface area contributed by atoms with E-state index < -0.39 is 30.6 Å². The third kappa shape index (κ3) is 4.10. The van der Waals surface area contributed by atoms with Crippen LogP contribution in [0.5, 0.6) is 0 Å². The minimum absolute atomic E-state index is 0.00455. The van der Waals surface area contributed by atoms with Crippen LogP contribution in [-0.2, 0) is 4.79 Å². The zero-order valence-corrected chi connectivity index (χ0v) is 17.8. The number of fused-ring (bicyclic) bond motifs is 1. The van der Waals surface area contributed by atoms with Gasteiger partial charge >= 0.3 is 6.18 Å². The highest BCUT2D eigenvalue weighted by Crippen LogP contribution is 2.45. The van der Waals surface area contributed by atoms with Gasteiger partial charge in [-0.3, -0.25) is 9.80 Å². The lowest BCUT2D eigenvalue weighted by molar-refractivity contribution is -0.176. The average molecular weight is 447 g/mol. The zero-order valence-electron chi connectivity index (χ0n) is 17.8. The standard InChI is InChI=1S/C22H30F5N3O/c1-3-17-20(15-9-8-14(23)10-16(15)24)21-29(2)18(11-19(31)30(21)28-17)12-4-6-13(7-5-12)22(25,26)27/h4,11,13-17,20-21,28H,3,5-10H2,1-2H3. The minimum Gasteiger partial charge on any atom is -0.352 e. The number of likely N-dealkylation sites (N-methyl/N-ethyl adjacent to an activating group) is 1. The van der Waals surface area contributed by atoms with Gasteiger partial charge in [0.1, 0.15) is 18.5 Å². The summed E-state index contributed by atoms with van der Waals surface area (Å²) < 4.78 is 67.8. The lowest BCUT2D eigenvalue weighted by atomic mass is 9.73. The molecule has 4 rings (SSSR count). The van der Waals surface area contributed by atoms with E-state index in [2.05, 4.69) is 5.43 Å². The van der Waals surface area contributed by atoms with Crippen LogP contribution in [0.1, 0.15) is 51.9 Å². The molecular formula is C22H30F5N3O. The molecule has 7 atom stereocenters. The van der Waals surface area contributed by atoms with E-state index in [1.165, 1.54) is 11.1 Å². The van der Waals surface area contributed by atoms with Crippen LogP contribution in [-0.4, -0.2) is 53.6 Å². The largest absolute Gasteiger partial charge is 0.392 e. The molecule has 1 amide bonds. The highest BCUT2D eigenvalue weighted by molar-refractivity contribution is 5.90. The number of carbonyl (C=O) groups is 1. The first-order valence-electron chi connectivity index (χ1n) is 11.2. The molecule has 4 aliphatic rings. The summed E-state index contributed by atoms with van der Waals surface area (Å²) in [5, 5.41) is 1.53. The van der Waals surface area contributed by atoms with Crippen molar-refractivity contribution in [3.05, 3.63) is 23.4 Å². The molecule has 0 radical (unpaired) electrons. The summed E-state index contributed by atoms with van der Waals surface area (Å²) in [6.45, 7) is 1.97. The maximum absolute atomic E-state index is 14.9. The molecule has 0 aromatic rings. The predicted molar refractivity (Wildman–Crippen MR) is 106 cm³/mol. The number of carbonyl (C=O) groups excluding carboxylic acids is 1. The fourth-order valence-corrected chi connectivity index (χ4v) is 5.87. The molecule has 1 saturated carbocycles. The summed E-state index contributed by atoms with van der Waals surface area (Å²) >= 11 is 0. The summed E-state index contributed by atoms with van der Waals surface area (Å²) in [4.78, 5) is 14.8. The normalized spacial score (nSPS) is 39.3. The van der Waals surface area contributed by atoms with Crippen LogP contribution in [0.3, 0.4) is 0 Å². The summed E-state index contributed by atoms with van der Waals surface area (Å²) in [6.07, 6.45) is -2.57. The molecule has 2 aliphatic heterocycles. The highest BCUT2D eigenvalue weighted by Gasteiger charge is 2.53. The van der Waals surface area contributed by atoms with Gasteiger partial charge in [0, 0.05) is 37.2 Å². The van der Waals surface area contributed by atoms with E-state index in [0.29, 0.717) is 25.0 Å². The predicted octanol–water partition coefficient (Wildman–Crippen LogP) is 4.65. The zero-order chi connectivity index (χ0) is 22.5. The molecule has 0 aromatic heterocycles. The molecule has 1 saturated heterocycles. The molecule has 2 heterocycles. The average Bonchev–Trinajstić information content (AvgIpc) is 3.10. The number of hydrogen-bond donors (Lipinski definition) is 1. The number of halogens is 5. The van der Waals surface area contributed by atoms with E-state index >= 15 is 0 Å². The van der Waals surface area contributed by atoms with Crippen LogP contribution < -0.4 is 5.43 Å². The molecule has 0 aromatic carbocycles. The summed E-state index contributed by atoms with van der Waals surface area (Å²) in [7, 11) is 1.81. The first kappa shape index (κ1) is 22.6. The maximum Gasteiger partial charge on any atom is 0.392 e. The number of nitrogens with zero attached hydrogens (tertiary/aromatic N) is 2. The molecule has 174 valence electrons. The number of hydrazine groups is 1. The van der Waals surface area contributed by atoms with Crippen molar-refractivity contribution < 1.29 is 26.7 Å². The van der Waals surface area contributed by atoms with Crippen molar-refractivity contribution in [2.75, 3.05) is 7.05 Å². The Balaban J connectivity index is 1.60. The smallest absolute Gasteiger partial charge is 0.352 e. The van der Waals surface area contributed by atoms with Gasteiger partial charge in [0.15, 0.2) is 0 Å². The Labute approximate surface area is 179 Å². The second-order valence-electron chi connectivity index (χ2n) is 9.32.